The van der Waals surface area contributed by atoms with Crippen LogP contribution in [-0.2, 0) is 14.6 Å². The van der Waals surface area contributed by atoms with Crippen molar-refractivity contribution >= 4 is 15.6 Å². The fourth-order valence-electron chi connectivity index (χ4n) is 4.07. The monoisotopic (exact) mass is 278 g/mol. The van der Waals surface area contributed by atoms with E-state index in [2.05, 4.69) is 0 Å². The molecule has 4 heteroatoms. The molecule has 19 heavy (non-hydrogen) atoms. The number of hydrogen-bond donors (Lipinski definition) is 0. The van der Waals surface area contributed by atoms with Crippen molar-refractivity contribution in [1.82, 2.24) is 0 Å². The standard InChI is InChI=1S/C15H18O3S/c1-14(2)12-9-6-10-13(16)15(12,14)19(17,18)11-7-4-3-5-8-11/h3-5,7-8,12H,6,9-10H2,1-2H3. The van der Waals surface area contributed by atoms with Crippen LogP contribution in [0, 0.1) is 11.3 Å². The van der Waals surface area contributed by atoms with E-state index >= 15 is 0 Å². The Kier molecular flexibility index (Phi) is 2.50. The van der Waals surface area contributed by atoms with E-state index in [0.717, 1.165) is 12.8 Å². The largest absolute Gasteiger partial charge is 0.298 e. The number of benzene rings is 1. The summed E-state index contributed by atoms with van der Waals surface area (Å²) in [5.74, 6) is -0.107. The zero-order chi connectivity index (χ0) is 13.9. The highest BCUT2D eigenvalue weighted by Gasteiger charge is 2.81. The lowest BCUT2D eigenvalue weighted by atomic mass is 9.99. The zero-order valence-electron chi connectivity index (χ0n) is 11.2. The zero-order valence-corrected chi connectivity index (χ0v) is 12.0. The van der Waals surface area contributed by atoms with Crippen molar-refractivity contribution in [2.24, 2.45) is 11.3 Å². The SMILES string of the molecule is CC1(C)C2CCCC(=O)C21S(=O)(=O)c1ccccc1. The van der Waals surface area contributed by atoms with Gasteiger partial charge in [-0.25, -0.2) is 8.42 Å². The highest BCUT2D eigenvalue weighted by Crippen LogP contribution is 2.71. The van der Waals surface area contributed by atoms with Gasteiger partial charge in [0.1, 0.15) is 4.75 Å². The Morgan fingerprint density at radius 3 is 2.37 bits per heavy atom. The molecule has 0 radical (unpaired) electrons. The number of rotatable bonds is 2. The van der Waals surface area contributed by atoms with Gasteiger partial charge in [-0.2, -0.15) is 0 Å². The van der Waals surface area contributed by atoms with E-state index < -0.39 is 20.0 Å². The lowest BCUT2D eigenvalue weighted by Gasteiger charge is -2.22. The van der Waals surface area contributed by atoms with Gasteiger partial charge in [0, 0.05) is 6.42 Å². The summed E-state index contributed by atoms with van der Waals surface area (Å²) in [4.78, 5) is 12.7. The number of Topliss-reactive ketones (excluding diaryl/α,β-unsaturated/α-hetero) is 1. The molecule has 3 rings (SSSR count). The molecule has 2 fully saturated rings. The van der Waals surface area contributed by atoms with Crippen molar-refractivity contribution in [3.05, 3.63) is 30.3 Å². The van der Waals surface area contributed by atoms with Crippen LogP contribution in [0.1, 0.15) is 33.1 Å². The van der Waals surface area contributed by atoms with Gasteiger partial charge in [-0.3, -0.25) is 4.79 Å². The lowest BCUT2D eigenvalue weighted by Crippen LogP contribution is -2.40. The van der Waals surface area contributed by atoms with E-state index in [1.807, 2.05) is 13.8 Å². The summed E-state index contributed by atoms with van der Waals surface area (Å²) in [6.45, 7) is 3.84. The van der Waals surface area contributed by atoms with Crippen LogP contribution in [0.2, 0.25) is 0 Å². The van der Waals surface area contributed by atoms with Crippen LogP contribution in [0.25, 0.3) is 0 Å². The van der Waals surface area contributed by atoms with Gasteiger partial charge < -0.3 is 0 Å². The minimum atomic E-state index is -3.59. The molecule has 1 aromatic rings. The maximum atomic E-state index is 13.0. The molecule has 2 aliphatic rings. The van der Waals surface area contributed by atoms with E-state index in [-0.39, 0.29) is 16.6 Å². The van der Waals surface area contributed by atoms with Gasteiger partial charge in [-0.05, 0) is 36.3 Å². The summed E-state index contributed by atoms with van der Waals surface area (Å²) in [6, 6.07) is 8.40. The smallest absolute Gasteiger partial charge is 0.192 e. The van der Waals surface area contributed by atoms with E-state index in [1.165, 1.54) is 0 Å². The summed E-state index contributed by atoms with van der Waals surface area (Å²) in [6.07, 6.45) is 2.05. The average molecular weight is 278 g/mol. The molecule has 3 nitrogen and oxygen atoms in total. The van der Waals surface area contributed by atoms with Crippen LogP contribution < -0.4 is 0 Å². The molecule has 0 aromatic heterocycles. The van der Waals surface area contributed by atoms with E-state index in [9.17, 15) is 13.2 Å². The predicted octanol–water partition coefficient (Wildman–Crippen LogP) is 2.61. The van der Waals surface area contributed by atoms with E-state index in [0.29, 0.717) is 6.42 Å². The van der Waals surface area contributed by atoms with Gasteiger partial charge in [0.15, 0.2) is 15.6 Å². The topological polar surface area (TPSA) is 51.2 Å². The maximum absolute atomic E-state index is 13.0. The van der Waals surface area contributed by atoms with Crippen molar-refractivity contribution in [3.63, 3.8) is 0 Å². The molecule has 0 spiro atoms. The third-order valence-corrected chi connectivity index (χ3v) is 7.80. The van der Waals surface area contributed by atoms with Gasteiger partial charge in [-0.15, -0.1) is 0 Å². The number of carbonyl (C=O) groups excluding carboxylic acids is 1. The first-order valence-corrected chi connectivity index (χ1v) is 8.18. The third kappa shape index (κ3) is 1.33. The highest BCUT2D eigenvalue weighted by molar-refractivity contribution is 7.94. The Hall–Kier alpha value is -1.16. The molecule has 0 N–H and O–H groups in total. The van der Waals surface area contributed by atoms with Crippen LogP contribution in [-0.4, -0.2) is 18.9 Å². The van der Waals surface area contributed by atoms with Crippen LogP contribution in [0.4, 0.5) is 0 Å². The molecular weight excluding hydrogens is 260 g/mol. The van der Waals surface area contributed by atoms with Gasteiger partial charge in [0.2, 0.25) is 0 Å². The van der Waals surface area contributed by atoms with Crippen molar-refractivity contribution in [1.29, 1.82) is 0 Å². The summed E-state index contributed by atoms with van der Waals surface area (Å²) in [5, 5.41) is 0. The Morgan fingerprint density at radius 1 is 1.16 bits per heavy atom. The average Bonchev–Trinajstić information content (AvgIpc) is 2.91. The molecule has 0 aliphatic heterocycles. The predicted molar refractivity (Wildman–Crippen MR) is 72.5 cm³/mol. The van der Waals surface area contributed by atoms with Crippen LogP contribution in [0.15, 0.2) is 35.2 Å². The molecule has 102 valence electrons. The Labute approximate surface area is 113 Å². The van der Waals surface area contributed by atoms with Gasteiger partial charge in [0.25, 0.3) is 0 Å². The Bertz CT molecular complexity index is 631. The van der Waals surface area contributed by atoms with Crippen molar-refractivity contribution in [2.45, 2.75) is 42.8 Å². The van der Waals surface area contributed by atoms with Crippen molar-refractivity contribution < 1.29 is 13.2 Å². The fourth-order valence-corrected chi connectivity index (χ4v) is 6.92. The first kappa shape index (κ1) is 12.9. The van der Waals surface area contributed by atoms with Crippen molar-refractivity contribution in [2.75, 3.05) is 0 Å². The second-order valence-corrected chi connectivity index (χ2v) is 8.26. The molecule has 2 aliphatic carbocycles. The molecule has 0 heterocycles. The second-order valence-electron chi connectivity index (χ2n) is 6.14. The van der Waals surface area contributed by atoms with Crippen LogP contribution >= 0.6 is 0 Å². The quantitative estimate of drug-likeness (QED) is 0.835. The minimum absolute atomic E-state index is 0.0218. The normalized spacial score (nSPS) is 32.7. The van der Waals surface area contributed by atoms with Crippen molar-refractivity contribution in [3.8, 4) is 0 Å². The summed E-state index contributed by atoms with van der Waals surface area (Å²) < 4.78 is 24.7. The second kappa shape index (κ2) is 3.69. The van der Waals surface area contributed by atoms with Gasteiger partial charge >= 0.3 is 0 Å². The summed E-state index contributed by atoms with van der Waals surface area (Å²) in [5.41, 5.74) is -0.435. The van der Waals surface area contributed by atoms with Gasteiger partial charge in [-0.1, -0.05) is 32.0 Å². The summed E-state index contributed by atoms with van der Waals surface area (Å²) in [7, 11) is -3.59. The minimum Gasteiger partial charge on any atom is -0.298 e. The number of fused-ring (bicyclic) bond motifs is 1. The molecular formula is C15H18O3S. The highest BCUT2D eigenvalue weighted by atomic mass is 32.2. The first-order chi connectivity index (χ1) is 8.87. The van der Waals surface area contributed by atoms with E-state index in [1.54, 1.807) is 30.3 Å². The molecule has 2 unspecified atom stereocenters. The lowest BCUT2D eigenvalue weighted by molar-refractivity contribution is -0.120. The van der Waals surface area contributed by atoms with Gasteiger partial charge in [0.05, 0.1) is 4.90 Å². The molecule has 0 amide bonds. The maximum Gasteiger partial charge on any atom is 0.192 e. The van der Waals surface area contributed by atoms with Crippen LogP contribution in [0.3, 0.4) is 0 Å². The third-order valence-electron chi connectivity index (χ3n) is 5.02. The van der Waals surface area contributed by atoms with E-state index in [4.69, 9.17) is 0 Å². The molecule has 0 saturated heterocycles. The van der Waals surface area contributed by atoms with Crippen LogP contribution in [0.5, 0.6) is 0 Å². The molecule has 1 aromatic carbocycles. The number of carbonyl (C=O) groups is 1. The molecule has 2 atom stereocenters. The Morgan fingerprint density at radius 2 is 1.79 bits per heavy atom. The number of hydrogen-bond acceptors (Lipinski definition) is 3. The summed E-state index contributed by atoms with van der Waals surface area (Å²) >= 11 is 0. The fraction of sp³-hybridized carbons (Fsp3) is 0.533. The first-order valence-electron chi connectivity index (χ1n) is 6.70. The number of sulfone groups is 1. The molecule has 2 saturated carbocycles. The molecule has 0 bridgehead atoms. The number of ketones is 1. The Balaban J connectivity index is 2.18.